The van der Waals surface area contributed by atoms with Gasteiger partial charge in [0, 0.05) is 32.2 Å². The molecule has 104 valence electrons. The number of nitrogens with one attached hydrogen (secondary N) is 1. The van der Waals surface area contributed by atoms with Gasteiger partial charge in [-0.3, -0.25) is 9.69 Å². The molecule has 6 nitrogen and oxygen atoms in total. The summed E-state index contributed by atoms with van der Waals surface area (Å²) < 4.78 is 0. The van der Waals surface area contributed by atoms with E-state index >= 15 is 0 Å². The second kappa shape index (κ2) is 6.58. The van der Waals surface area contributed by atoms with E-state index in [2.05, 4.69) is 24.1 Å². The van der Waals surface area contributed by atoms with Gasteiger partial charge in [0.15, 0.2) is 0 Å². The number of carboxylic acids is 1. The normalized spacial score (nSPS) is 20.3. The highest BCUT2D eigenvalue weighted by Crippen LogP contribution is 2.08. The number of carboxylic acid groups (broad SMARTS) is 1. The molecule has 1 aliphatic heterocycles. The fourth-order valence-corrected chi connectivity index (χ4v) is 1.96. The van der Waals surface area contributed by atoms with Crippen LogP contribution in [0.5, 0.6) is 0 Å². The van der Waals surface area contributed by atoms with Crippen LogP contribution in [0, 0.1) is 0 Å². The van der Waals surface area contributed by atoms with E-state index in [4.69, 9.17) is 5.11 Å². The molecule has 0 aromatic heterocycles. The molecule has 1 rings (SSSR count). The molecule has 0 radical (unpaired) electrons. The van der Waals surface area contributed by atoms with Gasteiger partial charge >= 0.3 is 12.0 Å². The predicted molar refractivity (Wildman–Crippen MR) is 68.5 cm³/mol. The van der Waals surface area contributed by atoms with Crippen LogP contribution in [0.2, 0.25) is 0 Å². The number of urea groups is 1. The first kappa shape index (κ1) is 14.8. The summed E-state index contributed by atoms with van der Waals surface area (Å²) in [7, 11) is 0. The van der Waals surface area contributed by atoms with Gasteiger partial charge in [0.1, 0.15) is 6.04 Å². The number of carbonyl (C=O) groups is 2. The van der Waals surface area contributed by atoms with Crippen molar-refractivity contribution < 1.29 is 14.7 Å². The van der Waals surface area contributed by atoms with Crippen LogP contribution in [-0.4, -0.2) is 65.2 Å². The third-order valence-corrected chi connectivity index (χ3v) is 3.53. The molecule has 0 aromatic carbocycles. The van der Waals surface area contributed by atoms with Crippen LogP contribution in [-0.2, 0) is 4.79 Å². The summed E-state index contributed by atoms with van der Waals surface area (Å²) in [6.45, 7) is 8.81. The van der Waals surface area contributed by atoms with Crippen molar-refractivity contribution in [1.29, 1.82) is 0 Å². The van der Waals surface area contributed by atoms with Crippen LogP contribution >= 0.6 is 0 Å². The summed E-state index contributed by atoms with van der Waals surface area (Å²) in [6.07, 6.45) is 1.10. The van der Waals surface area contributed by atoms with Crippen LogP contribution in [0.15, 0.2) is 0 Å². The number of carbonyl (C=O) groups excluding carboxylic acids is 1. The van der Waals surface area contributed by atoms with Gasteiger partial charge in [-0.2, -0.15) is 0 Å². The van der Waals surface area contributed by atoms with Crippen molar-refractivity contribution in [2.24, 2.45) is 0 Å². The maximum Gasteiger partial charge on any atom is 0.325 e. The van der Waals surface area contributed by atoms with E-state index in [1.54, 1.807) is 4.90 Å². The molecular formula is C12H23N3O3. The lowest BCUT2D eigenvalue weighted by Gasteiger charge is -2.37. The fourth-order valence-electron chi connectivity index (χ4n) is 1.96. The lowest BCUT2D eigenvalue weighted by atomic mass is 10.2. The van der Waals surface area contributed by atoms with E-state index in [9.17, 15) is 9.59 Å². The zero-order valence-corrected chi connectivity index (χ0v) is 11.3. The standard InChI is InChI=1S/C12H23N3O3/c1-4-9(2)14-5-7-15(8-6-14)12(18)13-10(3)11(16)17/h9-10H,4-8H2,1-3H3,(H,13,18)(H,16,17)/t9?,10-/m0/s1. The third kappa shape index (κ3) is 3.87. The number of hydrogen-bond acceptors (Lipinski definition) is 3. The molecule has 0 saturated carbocycles. The molecule has 1 saturated heterocycles. The van der Waals surface area contributed by atoms with E-state index in [1.165, 1.54) is 6.92 Å². The number of amides is 2. The van der Waals surface area contributed by atoms with Gasteiger partial charge in [-0.15, -0.1) is 0 Å². The topological polar surface area (TPSA) is 72.9 Å². The molecule has 0 bridgehead atoms. The van der Waals surface area contributed by atoms with E-state index in [0.29, 0.717) is 19.1 Å². The molecule has 0 spiro atoms. The van der Waals surface area contributed by atoms with Crippen LogP contribution < -0.4 is 5.32 Å². The van der Waals surface area contributed by atoms with E-state index in [-0.39, 0.29) is 6.03 Å². The summed E-state index contributed by atoms with van der Waals surface area (Å²) in [5.41, 5.74) is 0. The Labute approximate surface area is 108 Å². The molecule has 2 amide bonds. The summed E-state index contributed by atoms with van der Waals surface area (Å²) in [5, 5.41) is 11.2. The molecule has 18 heavy (non-hydrogen) atoms. The lowest BCUT2D eigenvalue weighted by Crippen LogP contribution is -2.55. The van der Waals surface area contributed by atoms with Crippen LogP contribution in [0.4, 0.5) is 4.79 Å². The Hall–Kier alpha value is -1.30. The number of rotatable bonds is 4. The van der Waals surface area contributed by atoms with Crippen molar-refractivity contribution in [2.45, 2.75) is 39.3 Å². The molecule has 6 heteroatoms. The molecule has 2 N–H and O–H groups in total. The van der Waals surface area contributed by atoms with Crippen LogP contribution in [0.3, 0.4) is 0 Å². The summed E-state index contributed by atoms with van der Waals surface area (Å²) in [4.78, 5) is 26.5. The monoisotopic (exact) mass is 257 g/mol. The van der Waals surface area contributed by atoms with Crippen molar-refractivity contribution in [1.82, 2.24) is 15.1 Å². The van der Waals surface area contributed by atoms with Crippen molar-refractivity contribution in [2.75, 3.05) is 26.2 Å². The first-order valence-electron chi connectivity index (χ1n) is 6.48. The number of hydrogen-bond donors (Lipinski definition) is 2. The van der Waals surface area contributed by atoms with Gasteiger partial charge in [-0.05, 0) is 20.3 Å². The number of nitrogens with zero attached hydrogens (tertiary/aromatic N) is 2. The largest absolute Gasteiger partial charge is 0.480 e. The third-order valence-electron chi connectivity index (χ3n) is 3.53. The minimum absolute atomic E-state index is 0.284. The molecule has 1 aliphatic rings. The van der Waals surface area contributed by atoms with Crippen molar-refractivity contribution in [3.05, 3.63) is 0 Å². The minimum atomic E-state index is -1.01. The average Bonchev–Trinajstić information content (AvgIpc) is 2.37. The first-order chi connectivity index (χ1) is 8.45. The minimum Gasteiger partial charge on any atom is -0.480 e. The Bertz CT molecular complexity index is 301. The van der Waals surface area contributed by atoms with Crippen LogP contribution in [0.25, 0.3) is 0 Å². The Morgan fingerprint density at radius 2 is 1.78 bits per heavy atom. The highest BCUT2D eigenvalue weighted by molar-refractivity contribution is 5.82. The summed E-state index contributed by atoms with van der Waals surface area (Å²) in [6, 6.07) is -0.591. The number of aliphatic carboxylic acids is 1. The SMILES string of the molecule is CCC(C)N1CCN(C(=O)N[C@@H](C)C(=O)O)CC1. The second-order valence-electron chi connectivity index (χ2n) is 4.79. The molecule has 1 heterocycles. The lowest BCUT2D eigenvalue weighted by molar-refractivity contribution is -0.138. The Balaban J connectivity index is 2.38. The van der Waals surface area contributed by atoms with Crippen molar-refractivity contribution in [3.8, 4) is 0 Å². The molecule has 1 unspecified atom stereocenters. The van der Waals surface area contributed by atoms with Crippen molar-refractivity contribution >= 4 is 12.0 Å². The molecule has 2 atom stereocenters. The average molecular weight is 257 g/mol. The maximum absolute atomic E-state index is 11.8. The summed E-state index contributed by atoms with van der Waals surface area (Å²) in [5.74, 6) is -1.01. The number of piperazine rings is 1. The predicted octanol–water partition coefficient (Wildman–Crippen LogP) is 0.585. The Morgan fingerprint density at radius 3 is 2.22 bits per heavy atom. The second-order valence-corrected chi connectivity index (χ2v) is 4.79. The maximum atomic E-state index is 11.8. The van der Waals surface area contributed by atoms with E-state index in [0.717, 1.165) is 19.5 Å². The fraction of sp³-hybridized carbons (Fsp3) is 0.833. The molecule has 0 aliphatic carbocycles. The van der Waals surface area contributed by atoms with E-state index in [1.807, 2.05) is 0 Å². The smallest absolute Gasteiger partial charge is 0.325 e. The van der Waals surface area contributed by atoms with Gasteiger partial charge in [-0.1, -0.05) is 6.92 Å². The zero-order valence-electron chi connectivity index (χ0n) is 11.3. The summed E-state index contributed by atoms with van der Waals surface area (Å²) >= 11 is 0. The van der Waals surface area contributed by atoms with Gasteiger partial charge in [0.2, 0.25) is 0 Å². The quantitative estimate of drug-likeness (QED) is 0.773. The van der Waals surface area contributed by atoms with Gasteiger partial charge in [-0.25, -0.2) is 4.79 Å². The molecule has 0 aromatic rings. The Morgan fingerprint density at radius 1 is 1.22 bits per heavy atom. The highest BCUT2D eigenvalue weighted by Gasteiger charge is 2.25. The van der Waals surface area contributed by atoms with Gasteiger partial charge < -0.3 is 15.3 Å². The van der Waals surface area contributed by atoms with Crippen LogP contribution in [0.1, 0.15) is 27.2 Å². The molecule has 1 fully saturated rings. The first-order valence-corrected chi connectivity index (χ1v) is 6.48. The van der Waals surface area contributed by atoms with E-state index < -0.39 is 12.0 Å². The molecular weight excluding hydrogens is 234 g/mol. The Kier molecular flexibility index (Phi) is 5.40. The zero-order chi connectivity index (χ0) is 13.7. The van der Waals surface area contributed by atoms with Gasteiger partial charge in [0.25, 0.3) is 0 Å². The highest BCUT2D eigenvalue weighted by atomic mass is 16.4. The van der Waals surface area contributed by atoms with Crippen molar-refractivity contribution in [3.63, 3.8) is 0 Å². The van der Waals surface area contributed by atoms with Gasteiger partial charge in [0.05, 0.1) is 0 Å².